The van der Waals surface area contributed by atoms with Crippen LogP contribution in [-0.2, 0) is 6.54 Å². The van der Waals surface area contributed by atoms with Crippen molar-refractivity contribution < 1.29 is 4.79 Å². The third kappa shape index (κ3) is 2.94. The van der Waals surface area contributed by atoms with Crippen LogP contribution in [0.4, 0.5) is 4.79 Å². The summed E-state index contributed by atoms with van der Waals surface area (Å²) in [6.45, 7) is 0.557. The summed E-state index contributed by atoms with van der Waals surface area (Å²) in [6, 6.07) is 4.10. The summed E-state index contributed by atoms with van der Waals surface area (Å²) in [5.74, 6) is 0. The predicted octanol–water partition coefficient (Wildman–Crippen LogP) is 1.43. The molecule has 1 fully saturated rings. The van der Waals surface area contributed by atoms with Gasteiger partial charge in [-0.3, -0.25) is 4.98 Å². The average molecular weight is 205 g/mol. The maximum absolute atomic E-state index is 11.4. The van der Waals surface area contributed by atoms with Crippen LogP contribution in [0.25, 0.3) is 0 Å². The first-order valence-electron chi connectivity index (χ1n) is 5.28. The molecule has 4 nitrogen and oxygen atoms in total. The predicted molar refractivity (Wildman–Crippen MR) is 57.2 cm³/mol. The Bertz CT molecular complexity index is 322. The third-order valence-electron chi connectivity index (χ3n) is 2.64. The number of carbonyl (C=O) groups is 1. The monoisotopic (exact) mass is 205 g/mol. The molecule has 1 heterocycles. The van der Waals surface area contributed by atoms with Crippen molar-refractivity contribution in [1.29, 1.82) is 0 Å². The van der Waals surface area contributed by atoms with Crippen molar-refractivity contribution in [1.82, 2.24) is 15.6 Å². The second-order valence-corrected chi connectivity index (χ2v) is 3.81. The molecule has 1 aliphatic carbocycles. The van der Waals surface area contributed by atoms with E-state index in [2.05, 4.69) is 15.6 Å². The number of nitrogens with zero attached hydrogens (tertiary/aromatic N) is 1. The normalized spacial score (nSPS) is 15.5. The smallest absolute Gasteiger partial charge is 0.315 e. The van der Waals surface area contributed by atoms with Crippen LogP contribution in [-0.4, -0.2) is 17.1 Å². The number of amides is 2. The first kappa shape index (κ1) is 9.96. The van der Waals surface area contributed by atoms with Crippen LogP contribution >= 0.6 is 0 Å². The first-order valence-corrected chi connectivity index (χ1v) is 5.28. The highest BCUT2D eigenvalue weighted by atomic mass is 16.2. The number of pyridine rings is 1. The Morgan fingerprint density at radius 1 is 1.40 bits per heavy atom. The zero-order valence-corrected chi connectivity index (χ0v) is 8.57. The van der Waals surface area contributed by atoms with Gasteiger partial charge in [0.1, 0.15) is 0 Å². The van der Waals surface area contributed by atoms with Crippen LogP contribution in [0.1, 0.15) is 24.8 Å². The van der Waals surface area contributed by atoms with Crippen molar-refractivity contribution in [3.8, 4) is 0 Å². The largest absolute Gasteiger partial charge is 0.335 e. The molecule has 1 aliphatic rings. The van der Waals surface area contributed by atoms with Gasteiger partial charge in [-0.25, -0.2) is 4.79 Å². The minimum Gasteiger partial charge on any atom is -0.335 e. The Morgan fingerprint density at radius 2 is 2.13 bits per heavy atom. The Kier molecular flexibility index (Phi) is 3.17. The second kappa shape index (κ2) is 4.77. The second-order valence-electron chi connectivity index (χ2n) is 3.81. The van der Waals surface area contributed by atoms with Gasteiger partial charge >= 0.3 is 6.03 Å². The fraction of sp³-hybridized carbons (Fsp3) is 0.455. The molecular weight excluding hydrogens is 190 g/mol. The van der Waals surface area contributed by atoms with Crippen molar-refractivity contribution in [3.63, 3.8) is 0 Å². The molecule has 15 heavy (non-hydrogen) atoms. The van der Waals surface area contributed by atoms with Gasteiger partial charge in [-0.15, -0.1) is 0 Å². The lowest BCUT2D eigenvalue weighted by Gasteiger charge is -2.26. The fourth-order valence-electron chi connectivity index (χ4n) is 1.47. The van der Waals surface area contributed by atoms with Crippen molar-refractivity contribution in [3.05, 3.63) is 30.1 Å². The maximum Gasteiger partial charge on any atom is 0.315 e. The number of rotatable bonds is 3. The summed E-state index contributed by atoms with van der Waals surface area (Å²) in [4.78, 5) is 15.3. The van der Waals surface area contributed by atoms with Gasteiger partial charge in [0.2, 0.25) is 0 Å². The minimum atomic E-state index is -0.0727. The van der Waals surface area contributed by atoms with Crippen LogP contribution < -0.4 is 10.6 Å². The minimum absolute atomic E-state index is 0.0727. The van der Waals surface area contributed by atoms with Gasteiger partial charge < -0.3 is 10.6 Å². The topological polar surface area (TPSA) is 54.0 Å². The maximum atomic E-state index is 11.4. The van der Waals surface area contributed by atoms with Crippen LogP contribution in [0.5, 0.6) is 0 Å². The zero-order chi connectivity index (χ0) is 10.5. The van der Waals surface area contributed by atoms with Gasteiger partial charge in [-0.1, -0.05) is 0 Å². The molecular formula is C11H15N3O. The highest BCUT2D eigenvalue weighted by Crippen LogP contribution is 2.17. The van der Waals surface area contributed by atoms with Crippen molar-refractivity contribution >= 4 is 6.03 Å². The van der Waals surface area contributed by atoms with E-state index in [1.807, 2.05) is 12.1 Å². The molecule has 4 heteroatoms. The number of hydrogen-bond acceptors (Lipinski definition) is 2. The van der Waals surface area contributed by atoms with Crippen LogP contribution in [0.15, 0.2) is 24.5 Å². The van der Waals surface area contributed by atoms with E-state index in [4.69, 9.17) is 0 Å². The van der Waals surface area contributed by atoms with E-state index in [0.717, 1.165) is 18.4 Å². The Labute approximate surface area is 89.1 Å². The van der Waals surface area contributed by atoms with E-state index in [-0.39, 0.29) is 6.03 Å². The molecule has 0 aromatic carbocycles. The molecule has 80 valence electrons. The average Bonchev–Trinajstić information content (AvgIpc) is 2.22. The molecule has 0 radical (unpaired) electrons. The molecule has 0 bridgehead atoms. The summed E-state index contributed by atoms with van der Waals surface area (Å²) in [7, 11) is 0. The summed E-state index contributed by atoms with van der Waals surface area (Å²) < 4.78 is 0. The Morgan fingerprint density at radius 3 is 2.73 bits per heavy atom. The number of urea groups is 1. The Balaban J connectivity index is 1.71. The molecule has 0 aliphatic heterocycles. The van der Waals surface area contributed by atoms with E-state index in [9.17, 15) is 4.79 Å². The van der Waals surface area contributed by atoms with Gasteiger partial charge in [0, 0.05) is 25.0 Å². The van der Waals surface area contributed by atoms with E-state index < -0.39 is 0 Å². The SMILES string of the molecule is O=C(NCc1ccncc1)NC1CCC1. The summed E-state index contributed by atoms with van der Waals surface area (Å²) in [5, 5.41) is 5.74. The molecule has 1 aromatic heterocycles. The van der Waals surface area contributed by atoms with Crippen LogP contribution in [0.2, 0.25) is 0 Å². The summed E-state index contributed by atoms with van der Waals surface area (Å²) in [5.41, 5.74) is 1.06. The highest BCUT2D eigenvalue weighted by molar-refractivity contribution is 5.74. The van der Waals surface area contributed by atoms with Gasteiger partial charge in [0.05, 0.1) is 0 Å². The van der Waals surface area contributed by atoms with Crippen LogP contribution in [0.3, 0.4) is 0 Å². The molecule has 2 N–H and O–H groups in total. The van der Waals surface area contributed by atoms with Crippen molar-refractivity contribution in [2.24, 2.45) is 0 Å². The molecule has 2 amide bonds. The first-order chi connectivity index (χ1) is 7.34. The fourth-order valence-corrected chi connectivity index (χ4v) is 1.47. The third-order valence-corrected chi connectivity index (χ3v) is 2.64. The van der Waals surface area contributed by atoms with E-state index in [1.54, 1.807) is 12.4 Å². The molecule has 0 atom stereocenters. The lowest BCUT2D eigenvalue weighted by molar-refractivity contribution is 0.228. The highest BCUT2D eigenvalue weighted by Gasteiger charge is 2.18. The summed E-state index contributed by atoms with van der Waals surface area (Å²) >= 11 is 0. The van der Waals surface area contributed by atoms with E-state index in [1.165, 1.54) is 6.42 Å². The number of aromatic nitrogens is 1. The quantitative estimate of drug-likeness (QED) is 0.784. The van der Waals surface area contributed by atoms with Gasteiger partial charge in [-0.2, -0.15) is 0 Å². The summed E-state index contributed by atoms with van der Waals surface area (Å²) in [6.07, 6.45) is 6.91. The number of carbonyl (C=O) groups excluding carboxylic acids is 1. The van der Waals surface area contributed by atoms with Crippen LogP contribution in [0, 0.1) is 0 Å². The van der Waals surface area contributed by atoms with E-state index in [0.29, 0.717) is 12.6 Å². The number of hydrogen-bond donors (Lipinski definition) is 2. The lowest BCUT2D eigenvalue weighted by atomic mass is 9.93. The van der Waals surface area contributed by atoms with Crippen molar-refractivity contribution in [2.75, 3.05) is 0 Å². The number of nitrogens with one attached hydrogen (secondary N) is 2. The standard InChI is InChI=1S/C11H15N3O/c15-11(14-10-2-1-3-10)13-8-9-4-6-12-7-5-9/h4-7,10H,1-3,8H2,(H2,13,14,15). The molecule has 1 aromatic rings. The van der Waals surface area contributed by atoms with Gasteiger partial charge in [-0.05, 0) is 37.0 Å². The molecule has 0 saturated heterocycles. The lowest BCUT2D eigenvalue weighted by Crippen LogP contribution is -2.44. The molecule has 0 unspecified atom stereocenters. The van der Waals surface area contributed by atoms with Crippen molar-refractivity contribution in [2.45, 2.75) is 31.8 Å². The molecule has 1 saturated carbocycles. The molecule has 2 rings (SSSR count). The van der Waals surface area contributed by atoms with Gasteiger partial charge in [0.15, 0.2) is 0 Å². The van der Waals surface area contributed by atoms with Gasteiger partial charge in [0.25, 0.3) is 0 Å². The Hall–Kier alpha value is -1.58. The zero-order valence-electron chi connectivity index (χ0n) is 8.57. The molecule has 0 spiro atoms. The van der Waals surface area contributed by atoms with E-state index >= 15 is 0 Å².